The predicted molar refractivity (Wildman–Crippen MR) is 79.6 cm³/mol. The fourth-order valence-electron chi connectivity index (χ4n) is 2.79. The molecule has 0 radical (unpaired) electrons. The predicted octanol–water partition coefficient (Wildman–Crippen LogP) is 3.58. The number of hydrogen-bond donors (Lipinski definition) is 1. The largest absolute Gasteiger partial charge is 0.487 e. The van der Waals surface area contributed by atoms with Gasteiger partial charge in [0.05, 0.1) is 17.0 Å². The second-order valence-electron chi connectivity index (χ2n) is 5.18. The summed E-state index contributed by atoms with van der Waals surface area (Å²) in [5.41, 5.74) is 1.99. The van der Waals surface area contributed by atoms with Crippen LogP contribution in [-0.4, -0.2) is 23.0 Å². The van der Waals surface area contributed by atoms with E-state index in [1.165, 1.54) is 6.07 Å². The Hall–Kier alpha value is -2.11. The van der Waals surface area contributed by atoms with Gasteiger partial charge in [-0.3, -0.25) is 0 Å². The van der Waals surface area contributed by atoms with E-state index in [1.807, 2.05) is 0 Å². The standard InChI is InChI=1S/C16H11ClFNO3/c17-11-6-13-10(5-8(7-20)21-13)16-14(11)15(19-22-16)9-3-1-2-4-12(9)18/h1-4,6,8,20H,5,7H2. The molecule has 0 saturated carbocycles. The lowest BCUT2D eigenvalue weighted by molar-refractivity contribution is 0.134. The van der Waals surface area contributed by atoms with E-state index in [-0.39, 0.29) is 12.7 Å². The van der Waals surface area contributed by atoms with E-state index in [0.717, 1.165) is 5.56 Å². The first-order valence-electron chi connectivity index (χ1n) is 6.82. The van der Waals surface area contributed by atoms with Crippen molar-refractivity contribution in [2.24, 2.45) is 0 Å². The van der Waals surface area contributed by atoms with Crippen LogP contribution in [-0.2, 0) is 6.42 Å². The van der Waals surface area contributed by atoms with Crippen LogP contribution >= 0.6 is 11.6 Å². The summed E-state index contributed by atoms with van der Waals surface area (Å²) in [6, 6.07) is 7.99. The molecule has 3 aromatic rings. The van der Waals surface area contributed by atoms with Crippen LogP contribution in [0.3, 0.4) is 0 Å². The molecule has 4 rings (SSSR count). The summed E-state index contributed by atoms with van der Waals surface area (Å²) in [4.78, 5) is 0. The van der Waals surface area contributed by atoms with Crippen molar-refractivity contribution >= 4 is 22.6 Å². The SMILES string of the molecule is OCC1Cc2c(cc(Cl)c3c(-c4ccccc4F)noc23)O1. The highest BCUT2D eigenvalue weighted by atomic mass is 35.5. The molecule has 0 fully saturated rings. The minimum atomic E-state index is -0.390. The molecular formula is C16H11ClFNO3. The van der Waals surface area contributed by atoms with Gasteiger partial charge in [-0.15, -0.1) is 0 Å². The van der Waals surface area contributed by atoms with Crippen molar-refractivity contribution in [3.05, 3.63) is 46.7 Å². The third-order valence-electron chi connectivity index (χ3n) is 3.82. The number of benzene rings is 2. The molecule has 2 heterocycles. The van der Waals surface area contributed by atoms with E-state index in [4.69, 9.17) is 20.9 Å². The third kappa shape index (κ3) is 1.90. The first-order valence-corrected chi connectivity index (χ1v) is 7.20. The van der Waals surface area contributed by atoms with E-state index in [0.29, 0.717) is 39.4 Å². The summed E-state index contributed by atoms with van der Waals surface area (Å²) in [5, 5.41) is 14.2. The Kier molecular flexibility index (Phi) is 3.06. The van der Waals surface area contributed by atoms with E-state index in [9.17, 15) is 9.50 Å². The van der Waals surface area contributed by atoms with Crippen LogP contribution < -0.4 is 4.74 Å². The molecule has 22 heavy (non-hydrogen) atoms. The Morgan fingerprint density at radius 3 is 2.95 bits per heavy atom. The number of hydrogen-bond acceptors (Lipinski definition) is 4. The topological polar surface area (TPSA) is 55.5 Å². The van der Waals surface area contributed by atoms with Gasteiger partial charge in [0.25, 0.3) is 0 Å². The van der Waals surface area contributed by atoms with Crippen molar-refractivity contribution in [1.29, 1.82) is 0 Å². The number of aliphatic hydroxyl groups is 1. The highest BCUT2D eigenvalue weighted by Crippen LogP contribution is 2.43. The van der Waals surface area contributed by atoms with E-state index in [2.05, 4.69) is 5.16 Å². The van der Waals surface area contributed by atoms with Crippen LogP contribution in [0.15, 0.2) is 34.9 Å². The number of ether oxygens (including phenoxy) is 1. The zero-order valence-electron chi connectivity index (χ0n) is 11.3. The van der Waals surface area contributed by atoms with Crippen molar-refractivity contribution in [2.75, 3.05) is 6.61 Å². The maximum absolute atomic E-state index is 14.0. The second kappa shape index (κ2) is 4.97. The summed E-state index contributed by atoms with van der Waals surface area (Å²) < 4.78 is 25.0. The van der Waals surface area contributed by atoms with Crippen molar-refractivity contribution in [3.63, 3.8) is 0 Å². The molecule has 1 aromatic heterocycles. The summed E-state index contributed by atoms with van der Waals surface area (Å²) in [7, 11) is 0. The molecule has 0 spiro atoms. The number of aromatic nitrogens is 1. The van der Waals surface area contributed by atoms with Crippen LogP contribution in [0.25, 0.3) is 22.2 Å². The van der Waals surface area contributed by atoms with Gasteiger partial charge in [-0.05, 0) is 12.1 Å². The fraction of sp³-hybridized carbons (Fsp3) is 0.188. The third-order valence-corrected chi connectivity index (χ3v) is 4.12. The lowest BCUT2D eigenvalue weighted by atomic mass is 10.0. The van der Waals surface area contributed by atoms with Gasteiger partial charge in [0, 0.05) is 23.6 Å². The molecule has 4 nitrogen and oxygen atoms in total. The molecule has 0 bridgehead atoms. The lowest BCUT2D eigenvalue weighted by Crippen LogP contribution is -2.17. The normalized spacial score (nSPS) is 16.8. The molecule has 1 atom stereocenters. The minimum absolute atomic E-state index is 0.0951. The number of fused-ring (bicyclic) bond motifs is 3. The average molecular weight is 320 g/mol. The average Bonchev–Trinajstić information content (AvgIpc) is 3.11. The zero-order chi connectivity index (χ0) is 15.3. The van der Waals surface area contributed by atoms with Gasteiger partial charge in [-0.25, -0.2) is 4.39 Å². The van der Waals surface area contributed by atoms with E-state index >= 15 is 0 Å². The van der Waals surface area contributed by atoms with Gasteiger partial charge >= 0.3 is 0 Å². The van der Waals surface area contributed by atoms with Gasteiger partial charge in [0.2, 0.25) is 0 Å². The molecule has 0 amide bonds. The Bertz CT molecular complexity index is 877. The van der Waals surface area contributed by atoms with Crippen molar-refractivity contribution in [3.8, 4) is 17.0 Å². The highest BCUT2D eigenvalue weighted by Gasteiger charge is 2.29. The first-order chi connectivity index (χ1) is 10.7. The second-order valence-corrected chi connectivity index (χ2v) is 5.58. The maximum Gasteiger partial charge on any atom is 0.176 e. The van der Waals surface area contributed by atoms with Gasteiger partial charge in [-0.1, -0.05) is 28.9 Å². The highest BCUT2D eigenvalue weighted by molar-refractivity contribution is 6.36. The monoisotopic (exact) mass is 319 g/mol. The van der Waals surface area contributed by atoms with Crippen molar-refractivity contribution in [2.45, 2.75) is 12.5 Å². The summed E-state index contributed by atoms with van der Waals surface area (Å²) in [5.74, 6) is 0.187. The zero-order valence-corrected chi connectivity index (χ0v) is 12.1. The molecule has 1 N–H and O–H groups in total. The van der Waals surface area contributed by atoms with Gasteiger partial charge < -0.3 is 14.4 Å². The fourth-order valence-corrected chi connectivity index (χ4v) is 3.06. The molecule has 1 aliphatic rings. The molecule has 2 aromatic carbocycles. The van der Waals surface area contributed by atoms with Crippen molar-refractivity contribution < 1.29 is 18.8 Å². The van der Waals surface area contributed by atoms with Crippen LogP contribution in [0.1, 0.15) is 5.56 Å². The lowest BCUT2D eigenvalue weighted by Gasteiger charge is -2.05. The summed E-state index contributed by atoms with van der Waals surface area (Å²) in [6.07, 6.45) is 0.185. The van der Waals surface area contributed by atoms with Crippen LogP contribution in [0.4, 0.5) is 4.39 Å². The van der Waals surface area contributed by atoms with E-state index in [1.54, 1.807) is 24.3 Å². The molecule has 1 aliphatic heterocycles. The number of rotatable bonds is 2. The quantitative estimate of drug-likeness (QED) is 0.784. The maximum atomic E-state index is 14.0. The Morgan fingerprint density at radius 2 is 2.18 bits per heavy atom. The Labute approximate surface area is 130 Å². The summed E-state index contributed by atoms with van der Waals surface area (Å²) >= 11 is 6.32. The van der Waals surface area contributed by atoms with Gasteiger partial charge in [-0.2, -0.15) is 0 Å². The van der Waals surface area contributed by atoms with Crippen molar-refractivity contribution in [1.82, 2.24) is 5.16 Å². The Balaban J connectivity index is 1.97. The van der Waals surface area contributed by atoms with Crippen LogP contribution in [0, 0.1) is 5.82 Å². The first kappa shape index (κ1) is 13.5. The molecule has 6 heteroatoms. The minimum Gasteiger partial charge on any atom is -0.487 e. The summed E-state index contributed by atoms with van der Waals surface area (Å²) in [6.45, 7) is -0.0951. The molecular weight excluding hydrogens is 309 g/mol. The molecule has 1 unspecified atom stereocenters. The number of halogens is 2. The molecule has 0 aliphatic carbocycles. The Morgan fingerprint density at radius 1 is 1.36 bits per heavy atom. The molecule has 112 valence electrons. The number of aliphatic hydroxyl groups excluding tert-OH is 1. The molecule has 0 saturated heterocycles. The van der Waals surface area contributed by atoms with E-state index < -0.39 is 5.82 Å². The van der Waals surface area contributed by atoms with Gasteiger partial charge in [0.15, 0.2) is 5.58 Å². The smallest absolute Gasteiger partial charge is 0.176 e. The van der Waals surface area contributed by atoms with Crippen LogP contribution in [0.5, 0.6) is 5.75 Å². The van der Waals surface area contributed by atoms with Gasteiger partial charge in [0.1, 0.15) is 23.4 Å². The number of nitrogens with zero attached hydrogens (tertiary/aromatic N) is 1. The van der Waals surface area contributed by atoms with Crippen LogP contribution in [0.2, 0.25) is 5.02 Å².